The zero-order valence-corrected chi connectivity index (χ0v) is 19.6. The van der Waals surface area contributed by atoms with E-state index in [9.17, 15) is 4.79 Å². The van der Waals surface area contributed by atoms with E-state index in [4.69, 9.17) is 9.47 Å². The van der Waals surface area contributed by atoms with Crippen LogP contribution >= 0.6 is 0 Å². The number of aryl methyl sites for hydroxylation is 1. The number of amides is 1. The first-order chi connectivity index (χ1) is 16.9. The van der Waals surface area contributed by atoms with Crippen LogP contribution in [0, 0.1) is 11.6 Å². The van der Waals surface area contributed by atoms with Gasteiger partial charge in [0.05, 0.1) is 31.0 Å². The highest BCUT2D eigenvalue weighted by molar-refractivity contribution is 5.98. The molecule has 0 spiro atoms. The Bertz CT molecular complexity index is 1410. The number of carbonyl (C=O) groups is 1. The predicted molar refractivity (Wildman–Crippen MR) is 126 cm³/mol. The second-order valence-electron chi connectivity index (χ2n) is 8.64. The van der Waals surface area contributed by atoms with Crippen molar-refractivity contribution < 1.29 is 23.0 Å². The minimum Gasteiger partial charge on any atom is -0.486 e. The molecular formula is C26H24F2N4O3. The molecule has 0 aliphatic carbocycles. The number of hydrogen-bond acceptors (Lipinski definition) is 5. The third kappa shape index (κ3) is 4.23. The van der Waals surface area contributed by atoms with Gasteiger partial charge in [0.1, 0.15) is 29.0 Å². The highest BCUT2D eigenvalue weighted by atomic mass is 19.1. The summed E-state index contributed by atoms with van der Waals surface area (Å²) in [4.78, 5) is 18.2. The van der Waals surface area contributed by atoms with Gasteiger partial charge in [-0.05, 0) is 54.4 Å². The SMILES string of the molecule is COC[C@H](C)Oc1ccc(-c2cc(F)c(CN3Cc4ncccc4C3=O)c(F)c2)c2cn(C)nc12. The Morgan fingerprint density at radius 3 is 2.63 bits per heavy atom. The monoisotopic (exact) mass is 478 g/mol. The van der Waals surface area contributed by atoms with Crippen LogP contribution in [0.25, 0.3) is 22.0 Å². The molecule has 0 saturated carbocycles. The summed E-state index contributed by atoms with van der Waals surface area (Å²) in [7, 11) is 3.37. The number of pyridine rings is 1. The topological polar surface area (TPSA) is 69.5 Å². The van der Waals surface area contributed by atoms with Crippen molar-refractivity contribution in [2.24, 2.45) is 7.05 Å². The number of rotatable bonds is 7. The first-order valence-electron chi connectivity index (χ1n) is 11.2. The van der Waals surface area contributed by atoms with Gasteiger partial charge < -0.3 is 14.4 Å². The smallest absolute Gasteiger partial charge is 0.256 e. The Balaban J connectivity index is 1.47. The second kappa shape index (κ2) is 9.07. The molecule has 2 aromatic heterocycles. The number of benzene rings is 2. The maximum Gasteiger partial charge on any atom is 0.256 e. The molecule has 0 fully saturated rings. The summed E-state index contributed by atoms with van der Waals surface area (Å²) in [6.07, 6.45) is 3.19. The maximum absolute atomic E-state index is 15.2. The molecule has 1 atom stereocenters. The molecule has 3 heterocycles. The molecular weight excluding hydrogens is 454 g/mol. The fraction of sp³-hybridized carbons (Fsp3) is 0.269. The van der Waals surface area contributed by atoms with Gasteiger partial charge in [-0.1, -0.05) is 0 Å². The molecule has 0 bridgehead atoms. The van der Waals surface area contributed by atoms with Crippen LogP contribution in [0.1, 0.15) is 28.5 Å². The van der Waals surface area contributed by atoms with Crippen LogP contribution in [0.3, 0.4) is 0 Å². The lowest BCUT2D eigenvalue weighted by Gasteiger charge is -2.18. The highest BCUT2D eigenvalue weighted by Crippen LogP contribution is 2.36. The molecule has 0 radical (unpaired) electrons. The van der Waals surface area contributed by atoms with E-state index in [0.717, 1.165) is 0 Å². The van der Waals surface area contributed by atoms with E-state index in [2.05, 4.69) is 10.1 Å². The van der Waals surface area contributed by atoms with Gasteiger partial charge >= 0.3 is 0 Å². The van der Waals surface area contributed by atoms with Gasteiger partial charge in [0.25, 0.3) is 5.91 Å². The Morgan fingerprint density at radius 1 is 1.14 bits per heavy atom. The Morgan fingerprint density at radius 2 is 1.91 bits per heavy atom. The van der Waals surface area contributed by atoms with Gasteiger partial charge in [0.2, 0.25) is 0 Å². The van der Waals surface area contributed by atoms with E-state index in [1.165, 1.54) is 17.0 Å². The number of nitrogens with zero attached hydrogens (tertiary/aromatic N) is 4. The van der Waals surface area contributed by atoms with Gasteiger partial charge in [-0.3, -0.25) is 14.5 Å². The third-order valence-electron chi connectivity index (χ3n) is 6.03. The summed E-state index contributed by atoms with van der Waals surface area (Å²) < 4.78 is 43.1. The fourth-order valence-electron chi connectivity index (χ4n) is 4.44. The van der Waals surface area contributed by atoms with Crippen molar-refractivity contribution in [1.29, 1.82) is 0 Å². The zero-order valence-electron chi connectivity index (χ0n) is 19.6. The first-order valence-corrected chi connectivity index (χ1v) is 11.2. The summed E-state index contributed by atoms with van der Waals surface area (Å²) in [5.74, 6) is -1.16. The van der Waals surface area contributed by atoms with E-state index < -0.39 is 11.6 Å². The minimum absolute atomic E-state index is 0.161. The third-order valence-corrected chi connectivity index (χ3v) is 6.03. The zero-order chi connectivity index (χ0) is 24.7. The van der Waals surface area contributed by atoms with Crippen molar-refractivity contribution in [1.82, 2.24) is 19.7 Å². The molecule has 2 aromatic carbocycles. The molecule has 4 aromatic rings. The van der Waals surface area contributed by atoms with E-state index in [1.807, 2.05) is 6.92 Å². The van der Waals surface area contributed by atoms with Crippen LogP contribution in [0.2, 0.25) is 0 Å². The van der Waals surface area contributed by atoms with Crippen molar-refractivity contribution in [3.05, 3.63) is 77.2 Å². The van der Waals surface area contributed by atoms with Gasteiger partial charge in [-0.25, -0.2) is 8.78 Å². The van der Waals surface area contributed by atoms with Crippen LogP contribution in [0.4, 0.5) is 8.78 Å². The molecule has 180 valence electrons. The lowest BCUT2D eigenvalue weighted by Crippen LogP contribution is -2.24. The molecule has 5 rings (SSSR count). The van der Waals surface area contributed by atoms with E-state index in [1.54, 1.807) is 55.5 Å². The van der Waals surface area contributed by atoms with Crippen molar-refractivity contribution in [3.8, 4) is 16.9 Å². The molecule has 1 aliphatic heterocycles. The highest BCUT2D eigenvalue weighted by Gasteiger charge is 2.30. The van der Waals surface area contributed by atoms with E-state index in [0.29, 0.717) is 45.6 Å². The van der Waals surface area contributed by atoms with Crippen LogP contribution in [0.5, 0.6) is 5.75 Å². The minimum atomic E-state index is -0.720. The molecule has 0 saturated heterocycles. The number of aromatic nitrogens is 3. The number of methoxy groups -OCH3 is 1. The molecule has 7 nitrogen and oxygen atoms in total. The Labute approximate surface area is 200 Å². The number of ether oxygens (including phenoxy) is 2. The molecule has 1 amide bonds. The van der Waals surface area contributed by atoms with Gasteiger partial charge in [-0.15, -0.1) is 0 Å². The Hall–Kier alpha value is -3.85. The molecule has 9 heteroatoms. The van der Waals surface area contributed by atoms with Crippen molar-refractivity contribution in [2.75, 3.05) is 13.7 Å². The predicted octanol–water partition coefficient (Wildman–Crippen LogP) is 4.48. The molecule has 35 heavy (non-hydrogen) atoms. The van der Waals surface area contributed by atoms with E-state index in [-0.39, 0.29) is 30.7 Å². The molecule has 1 aliphatic rings. The largest absolute Gasteiger partial charge is 0.486 e. The van der Waals surface area contributed by atoms with Crippen molar-refractivity contribution >= 4 is 16.8 Å². The lowest BCUT2D eigenvalue weighted by atomic mass is 9.99. The van der Waals surface area contributed by atoms with Crippen molar-refractivity contribution in [2.45, 2.75) is 26.1 Å². The van der Waals surface area contributed by atoms with Crippen LogP contribution in [0.15, 0.2) is 48.8 Å². The maximum atomic E-state index is 15.2. The first kappa shape index (κ1) is 22.9. The second-order valence-corrected chi connectivity index (χ2v) is 8.64. The van der Waals surface area contributed by atoms with Crippen LogP contribution in [-0.4, -0.2) is 45.4 Å². The number of hydrogen-bond donors (Lipinski definition) is 0. The quantitative estimate of drug-likeness (QED) is 0.392. The average molecular weight is 478 g/mol. The molecule has 0 N–H and O–H groups in total. The normalized spacial score (nSPS) is 14.0. The van der Waals surface area contributed by atoms with Gasteiger partial charge in [0, 0.05) is 37.5 Å². The van der Waals surface area contributed by atoms with Gasteiger partial charge in [0.15, 0.2) is 0 Å². The van der Waals surface area contributed by atoms with Crippen LogP contribution < -0.4 is 4.74 Å². The fourth-order valence-corrected chi connectivity index (χ4v) is 4.44. The van der Waals surface area contributed by atoms with E-state index >= 15 is 8.78 Å². The summed E-state index contributed by atoms with van der Waals surface area (Å²) in [5, 5.41) is 5.19. The van der Waals surface area contributed by atoms with Gasteiger partial charge in [-0.2, -0.15) is 5.10 Å². The van der Waals surface area contributed by atoms with Crippen molar-refractivity contribution in [3.63, 3.8) is 0 Å². The summed E-state index contributed by atoms with van der Waals surface area (Å²) in [6, 6.07) is 9.43. The molecule has 0 unspecified atom stereocenters. The summed E-state index contributed by atoms with van der Waals surface area (Å²) in [6.45, 7) is 2.33. The summed E-state index contributed by atoms with van der Waals surface area (Å²) >= 11 is 0. The number of carbonyl (C=O) groups excluding carboxylic acids is 1. The average Bonchev–Trinajstić information content (AvgIpc) is 3.36. The lowest BCUT2D eigenvalue weighted by molar-refractivity contribution is 0.0763. The number of halogens is 2. The standard InChI is InChI=1S/C26H24F2N4O3/c1-15(14-34-3)35-24-7-6-17(19-11-31(2)30-25(19)24)16-9-21(27)20(22(28)10-16)12-32-13-23-18(26(32)33)5-4-8-29-23/h4-11,15H,12-14H2,1-3H3/t15-/m0/s1. The Kier molecular flexibility index (Phi) is 5.94. The number of fused-ring (bicyclic) bond motifs is 2. The summed E-state index contributed by atoms with van der Waals surface area (Å²) in [5.41, 5.74) is 2.49. The van der Waals surface area contributed by atoms with Crippen LogP contribution in [-0.2, 0) is 24.9 Å².